The van der Waals surface area contributed by atoms with Gasteiger partial charge in [-0.2, -0.15) is 4.31 Å². The lowest BCUT2D eigenvalue weighted by molar-refractivity contribution is 0.217. The van der Waals surface area contributed by atoms with Crippen LogP contribution in [-0.2, 0) is 10.0 Å². The van der Waals surface area contributed by atoms with E-state index in [9.17, 15) is 8.42 Å². The molecule has 1 aromatic carbocycles. The maximum atomic E-state index is 12.3. The fourth-order valence-corrected chi connectivity index (χ4v) is 3.01. The van der Waals surface area contributed by atoms with Gasteiger partial charge in [0.05, 0.1) is 30.9 Å². The molecule has 8 heteroatoms. The predicted molar refractivity (Wildman–Crippen MR) is 70.3 cm³/mol. The van der Waals surface area contributed by atoms with Crippen LogP contribution in [0.15, 0.2) is 23.1 Å². The number of hydrogen-bond acceptors (Lipinski definition) is 6. The van der Waals surface area contributed by atoms with E-state index in [0.717, 1.165) is 4.31 Å². The normalized spacial score (nSPS) is 11.8. The molecule has 19 heavy (non-hydrogen) atoms. The summed E-state index contributed by atoms with van der Waals surface area (Å²) in [4.78, 5) is 0.000417. The van der Waals surface area contributed by atoms with Crippen LogP contribution in [0.1, 0.15) is 0 Å². The van der Waals surface area contributed by atoms with E-state index in [2.05, 4.69) is 0 Å². The largest absolute Gasteiger partial charge is 0.495 e. The number of nitrogen functional groups attached to an aromatic ring is 1. The number of rotatable bonds is 7. The van der Waals surface area contributed by atoms with Crippen molar-refractivity contribution in [3.8, 4) is 5.75 Å². The van der Waals surface area contributed by atoms with Gasteiger partial charge in [0.2, 0.25) is 10.0 Å². The van der Waals surface area contributed by atoms with Gasteiger partial charge in [-0.25, -0.2) is 8.42 Å². The first kappa shape index (κ1) is 15.7. The van der Waals surface area contributed by atoms with Gasteiger partial charge < -0.3 is 20.7 Å². The summed E-state index contributed by atoms with van der Waals surface area (Å²) >= 11 is 0. The SMILES string of the molecule is COc1cc(S(=O)(=O)N(CCO)CCO)ccc1N. The second-order valence-electron chi connectivity index (χ2n) is 3.76. The van der Waals surface area contributed by atoms with Crippen LogP contribution in [0.5, 0.6) is 5.75 Å². The first-order valence-corrected chi connectivity index (χ1v) is 7.06. The average Bonchev–Trinajstić information content (AvgIpc) is 2.38. The summed E-state index contributed by atoms with van der Waals surface area (Å²) in [7, 11) is -2.41. The second-order valence-corrected chi connectivity index (χ2v) is 5.69. The van der Waals surface area contributed by atoms with Crippen molar-refractivity contribution in [2.24, 2.45) is 0 Å². The Morgan fingerprint density at radius 3 is 2.32 bits per heavy atom. The fourth-order valence-electron chi connectivity index (χ4n) is 1.58. The van der Waals surface area contributed by atoms with Crippen LogP contribution >= 0.6 is 0 Å². The third-order valence-electron chi connectivity index (χ3n) is 2.54. The molecule has 0 aliphatic rings. The Labute approximate surface area is 112 Å². The number of nitrogens with zero attached hydrogens (tertiary/aromatic N) is 1. The Morgan fingerprint density at radius 1 is 1.26 bits per heavy atom. The van der Waals surface area contributed by atoms with Crippen molar-refractivity contribution in [1.29, 1.82) is 0 Å². The molecule has 0 spiro atoms. The number of aliphatic hydroxyl groups is 2. The van der Waals surface area contributed by atoms with E-state index in [1.165, 1.54) is 25.3 Å². The molecule has 0 aliphatic carbocycles. The third-order valence-corrected chi connectivity index (χ3v) is 4.44. The summed E-state index contributed by atoms with van der Waals surface area (Å²) in [6, 6.07) is 4.10. The minimum Gasteiger partial charge on any atom is -0.495 e. The smallest absolute Gasteiger partial charge is 0.243 e. The van der Waals surface area contributed by atoms with E-state index in [1.54, 1.807) is 0 Å². The minimum absolute atomic E-state index is 0.000417. The molecule has 0 atom stereocenters. The monoisotopic (exact) mass is 290 g/mol. The van der Waals surface area contributed by atoms with E-state index in [0.29, 0.717) is 5.69 Å². The molecule has 0 aromatic heterocycles. The number of methoxy groups -OCH3 is 1. The zero-order valence-corrected chi connectivity index (χ0v) is 11.4. The topological polar surface area (TPSA) is 113 Å². The van der Waals surface area contributed by atoms with E-state index in [-0.39, 0.29) is 36.9 Å². The number of benzene rings is 1. The number of ether oxygens (including phenoxy) is 1. The second kappa shape index (κ2) is 6.71. The average molecular weight is 290 g/mol. The Balaban J connectivity index is 3.17. The van der Waals surface area contributed by atoms with Crippen molar-refractivity contribution in [3.05, 3.63) is 18.2 Å². The minimum atomic E-state index is -3.80. The Morgan fingerprint density at radius 2 is 1.84 bits per heavy atom. The fraction of sp³-hybridized carbons (Fsp3) is 0.455. The zero-order valence-electron chi connectivity index (χ0n) is 10.6. The molecular weight excluding hydrogens is 272 g/mol. The Hall–Kier alpha value is -1.35. The van der Waals surface area contributed by atoms with Crippen molar-refractivity contribution >= 4 is 15.7 Å². The van der Waals surface area contributed by atoms with Crippen LogP contribution in [-0.4, -0.2) is 56.3 Å². The van der Waals surface area contributed by atoms with Gasteiger partial charge in [0.1, 0.15) is 5.75 Å². The molecule has 0 aliphatic heterocycles. The number of nitrogens with two attached hydrogens (primary N) is 1. The van der Waals surface area contributed by atoms with Gasteiger partial charge in [0.25, 0.3) is 0 Å². The van der Waals surface area contributed by atoms with Crippen LogP contribution in [0.3, 0.4) is 0 Å². The molecule has 1 aromatic rings. The van der Waals surface area contributed by atoms with Gasteiger partial charge >= 0.3 is 0 Å². The van der Waals surface area contributed by atoms with Crippen molar-refractivity contribution in [2.45, 2.75) is 4.90 Å². The van der Waals surface area contributed by atoms with E-state index < -0.39 is 10.0 Å². The van der Waals surface area contributed by atoms with Crippen molar-refractivity contribution in [2.75, 3.05) is 39.1 Å². The van der Waals surface area contributed by atoms with Gasteiger partial charge in [-0.05, 0) is 12.1 Å². The molecular formula is C11H18N2O5S. The lowest BCUT2D eigenvalue weighted by Crippen LogP contribution is -2.35. The molecule has 1 rings (SSSR count). The Kier molecular flexibility index (Phi) is 5.55. The lowest BCUT2D eigenvalue weighted by Gasteiger charge is -2.20. The molecule has 0 heterocycles. The van der Waals surface area contributed by atoms with Crippen molar-refractivity contribution in [1.82, 2.24) is 4.31 Å². The molecule has 108 valence electrons. The van der Waals surface area contributed by atoms with Gasteiger partial charge in [0.15, 0.2) is 0 Å². The first-order valence-electron chi connectivity index (χ1n) is 5.62. The highest BCUT2D eigenvalue weighted by Gasteiger charge is 2.24. The third kappa shape index (κ3) is 3.57. The molecule has 7 nitrogen and oxygen atoms in total. The van der Waals surface area contributed by atoms with Crippen LogP contribution in [0.4, 0.5) is 5.69 Å². The van der Waals surface area contributed by atoms with Gasteiger partial charge in [0, 0.05) is 19.2 Å². The molecule has 0 fully saturated rings. The number of hydrogen-bond donors (Lipinski definition) is 3. The van der Waals surface area contributed by atoms with Crippen molar-refractivity contribution in [3.63, 3.8) is 0 Å². The summed E-state index contributed by atoms with van der Waals surface area (Å²) in [5.41, 5.74) is 5.95. The highest BCUT2D eigenvalue weighted by Crippen LogP contribution is 2.26. The number of aliphatic hydroxyl groups excluding tert-OH is 2. The highest BCUT2D eigenvalue weighted by molar-refractivity contribution is 7.89. The van der Waals surface area contributed by atoms with Crippen molar-refractivity contribution < 1.29 is 23.4 Å². The van der Waals surface area contributed by atoms with E-state index in [4.69, 9.17) is 20.7 Å². The maximum Gasteiger partial charge on any atom is 0.243 e. The maximum absolute atomic E-state index is 12.3. The lowest BCUT2D eigenvalue weighted by atomic mass is 10.3. The molecule has 0 amide bonds. The summed E-state index contributed by atoms with van der Waals surface area (Å²) < 4.78 is 30.6. The van der Waals surface area contributed by atoms with Crippen LogP contribution in [0.25, 0.3) is 0 Å². The van der Waals surface area contributed by atoms with Crippen LogP contribution in [0.2, 0.25) is 0 Å². The molecule has 0 bridgehead atoms. The van der Waals surface area contributed by atoms with E-state index in [1.807, 2.05) is 0 Å². The van der Waals surface area contributed by atoms with Gasteiger partial charge in [-0.1, -0.05) is 0 Å². The van der Waals surface area contributed by atoms with Crippen LogP contribution in [0, 0.1) is 0 Å². The summed E-state index contributed by atoms with van der Waals surface area (Å²) in [6.45, 7) is -0.832. The summed E-state index contributed by atoms with van der Waals surface area (Å²) in [5.74, 6) is 0.258. The Bertz CT molecular complexity index is 512. The quantitative estimate of drug-likeness (QED) is 0.570. The molecule has 0 saturated carbocycles. The van der Waals surface area contributed by atoms with E-state index >= 15 is 0 Å². The van der Waals surface area contributed by atoms with Crippen LogP contribution < -0.4 is 10.5 Å². The summed E-state index contributed by atoms with van der Waals surface area (Å²) in [6.07, 6.45) is 0. The molecule has 4 N–H and O–H groups in total. The number of sulfonamides is 1. The van der Waals surface area contributed by atoms with Gasteiger partial charge in [-0.15, -0.1) is 0 Å². The standard InChI is InChI=1S/C11H18N2O5S/c1-18-11-8-9(2-3-10(11)12)19(16,17)13(4-6-14)5-7-15/h2-3,8,14-15H,4-7,12H2,1H3. The molecule has 0 radical (unpaired) electrons. The highest BCUT2D eigenvalue weighted by atomic mass is 32.2. The first-order chi connectivity index (χ1) is 8.97. The summed E-state index contributed by atoms with van der Waals surface area (Å²) in [5, 5.41) is 17.8. The van der Waals surface area contributed by atoms with Gasteiger partial charge in [-0.3, -0.25) is 0 Å². The predicted octanol–water partition coefficient (Wildman–Crippen LogP) is -0.747. The molecule has 0 unspecified atom stereocenters. The zero-order chi connectivity index (χ0) is 14.5. The molecule has 0 saturated heterocycles. The number of anilines is 1.